The highest BCUT2D eigenvalue weighted by Crippen LogP contribution is 2.34. The van der Waals surface area contributed by atoms with E-state index in [0.717, 1.165) is 43.7 Å². The van der Waals surface area contributed by atoms with Crippen molar-refractivity contribution in [2.24, 2.45) is 0 Å². The SMILES string of the molecule is Cc1ccc(-c2cncc3[nH]c(-c4[nH]nc5ncc(-c6cccnc6)cc45)nc23)s1. The average Bonchev–Trinajstić information content (AvgIpc) is 3.51. The van der Waals surface area contributed by atoms with Crippen molar-refractivity contribution in [3.05, 3.63) is 66.2 Å². The molecular formula is C22H15N7S. The zero-order chi connectivity index (χ0) is 20.1. The fraction of sp³-hybridized carbons (Fsp3) is 0.0455. The maximum atomic E-state index is 4.89. The zero-order valence-electron chi connectivity index (χ0n) is 15.9. The number of aromatic nitrogens is 7. The minimum atomic E-state index is 0.644. The van der Waals surface area contributed by atoms with E-state index in [9.17, 15) is 0 Å². The molecule has 6 aromatic heterocycles. The number of imidazole rings is 1. The van der Waals surface area contributed by atoms with Crippen LogP contribution >= 0.6 is 11.3 Å². The van der Waals surface area contributed by atoms with Gasteiger partial charge >= 0.3 is 0 Å². The molecule has 6 aromatic rings. The first kappa shape index (κ1) is 17.0. The number of rotatable bonds is 3. The first-order valence-electron chi connectivity index (χ1n) is 9.42. The monoisotopic (exact) mass is 409 g/mol. The van der Waals surface area contributed by atoms with Crippen LogP contribution in [-0.2, 0) is 0 Å². The summed E-state index contributed by atoms with van der Waals surface area (Å²) in [6.45, 7) is 2.10. The zero-order valence-corrected chi connectivity index (χ0v) is 16.7. The first-order valence-corrected chi connectivity index (χ1v) is 10.2. The van der Waals surface area contributed by atoms with Crippen LogP contribution in [0.2, 0.25) is 0 Å². The lowest BCUT2D eigenvalue weighted by molar-refractivity contribution is 1.09. The molecule has 144 valence electrons. The van der Waals surface area contributed by atoms with E-state index in [0.29, 0.717) is 11.5 Å². The Bertz CT molecular complexity index is 1510. The Morgan fingerprint density at radius 1 is 0.967 bits per heavy atom. The van der Waals surface area contributed by atoms with E-state index in [1.165, 1.54) is 4.88 Å². The highest BCUT2D eigenvalue weighted by atomic mass is 32.1. The number of thiophene rings is 1. The third-order valence-electron chi connectivity index (χ3n) is 5.04. The van der Waals surface area contributed by atoms with E-state index in [1.54, 1.807) is 23.7 Å². The Hall–Kier alpha value is -3.91. The molecule has 0 amide bonds. The lowest BCUT2D eigenvalue weighted by atomic mass is 10.1. The van der Waals surface area contributed by atoms with E-state index >= 15 is 0 Å². The van der Waals surface area contributed by atoms with Crippen LogP contribution in [0.15, 0.2) is 61.3 Å². The first-order chi connectivity index (χ1) is 14.8. The molecule has 6 heterocycles. The number of pyridine rings is 3. The number of nitrogens with zero attached hydrogens (tertiary/aromatic N) is 5. The van der Waals surface area contributed by atoms with Crippen LogP contribution in [-0.4, -0.2) is 35.1 Å². The molecule has 7 nitrogen and oxygen atoms in total. The highest BCUT2D eigenvalue weighted by Gasteiger charge is 2.16. The summed E-state index contributed by atoms with van der Waals surface area (Å²) >= 11 is 1.73. The van der Waals surface area contributed by atoms with Gasteiger partial charge in [-0.05, 0) is 31.2 Å². The molecule has 0 radical (unpaired) electrons. The van der Waals surface area contributed by atoms with Gasteiger partial charge in [0.1, 0.15) is 11.2 Å². The van der Waals surface area contributed by atoms with Gasteiger partial charge in [0.25, 0.3) is 0 Å². The smallest absolute Gasteiger partial charge is 0.181 e. The number of H-pyrrole nitrogens is 2. The predicted octanol–water partition coefficient (Wildman–Crippen LogP) is 5.00. The highest BCUT2D eigenvalue weighted by molar-refractivity contribution is 7.15. The number of hydrogen-bond acceptors (Lipinski definition) is 6. The summed E-state index contributed by atoms with van der Waals surface area (Å²) in [5, 5.41) is 8.35. The maximum Gasteiger partial charge on any atom is 0.181 e. The van der Waals surface area contributed by atoms with Gasteiger partial charge in [0, 0.05) is 51.2 Å². The number of aromatic amines is 2. The van der Waals surface area contributed by atoms with Crippen LogP contribution in [0.3, 0.4) is 0 Å². The summed E-state index contributed by atoms with van der Waals surface area (Å²) in [7, 11) is 0. The molecule has 6 rings (SSSR count). The standard InChI is InChI=1S/C22H15N7S/c1-12-4-5-18(30-12)16-10-24-11-17-19(16)27-22(26-17)20-15-7-14(9-25-21(15)29-28-20)13-3-2-6-23-8-13/h2-11H,1H3,(H,26,27)(H,25,28,29). The Kier molecular flexibility index (Phi) is 3.72. The molecule has 0 spiro atoms. The molecule has 0 atom stereocenters. The topological polar surface area (TPSA) is 96.0 Å². The summed E-state index contributed by atoms with van der Waals surface area (Å²) in [6, 6.07) is 10.2. The molecule has 0 bridgehead atoms. The average molecular weight is 409 g/mol. The van der Waals surface area contributed by atoms with E-state index in [4.69, 9.17) is 4.98 Å². The number of aryl methyl sites for hydroxylation is 1. The van der Waals surface area contributed by atoms with Crippen molar-refractivity contribution in [2.75, 3.05) is 0 Å². The fourth-order valence-corrected chi connectivity index (χ4v) is 4.46. The third-order valence-corrected chi connectivity index (χ3v) is 6.08. The van der Waals surface area contributed by atoms with Gasteiger partial charge in [0.2, 0.25) is 0 Å². The van der Waals surface area contributed by atoms with E-state index in [1.807, 2.05) is 30.7 Å². The van der Waals surface area contributed by atoms with Crippen LogP contribution in [0.1, 0.15) is 4.88 Å². The van der Waals surface area contributed by atoms with Crippen molar-refractivity contribution in [2.45, 2.75) is 6.92 Å². The second kappa shape index (κ2) is 6.57. The second-order valence-corrected chi connectivity index (χ2v) is 8.30. The van der Waals surface area contributed by atoms with Crippen molar-refractivity contribution in [1.82, 2.24) is 35.1 Å². The number of fused-ring (bicyclic) bond motifs is 2. The van der Waals surface area contributed by atoms with Crippen molar-refractivity contribution in [1.29, 1.82) is 0 Å². The molecule has 0 aromatic carbocycles. The maximum absolute atomic E-state index is 4.89. The van der Waals surface area contributed by atoms with Crippen LogP contribution in [0.5, 0.6) is 0 Å². The van der Waals surface area contributed by atoms with Gasteiger partial charge < -0.3 is 4.98 Å². The predicted molar refractivity (Wildman–Crippen MR) is 118 cm³/mol. The third kappa shape index (κ3) is 2.69. The van der Waals surface area contributed by atoms with Gasteiger partial charge in [-0.2, -0.15) is 5.10 Å². The molecule has 0 unspecified atom stereocenters. The van der Waals surface area contributed by atoms with E-state index in [-0.39, 0.29) is 0 Å². The van der Waals surface area contributed by atoms with Gasteiger partial charge in [-0.3, -0.25) is 15.1 Å². The van der Waals surface area contributed by atoms with Crippen molar-refractivity contribution < 1.29 is 0 Å². The van der Waals surface area contributed by atoms with Crippen molar-refractivity contribution in [3.8, 4) is 33.1 Å². The largest absolute Gasteiger partial charge is 0.335 e. The molecule has 0 saturated carbocycles. The van der Waals surface area contributed by atoms with Crippen LogP contribution in [0, 0.1) is 6.92 Å². The molecule has 8 heteroatoms. The van der Waals surface area contributed by atoms with Gasteiger partial charge in [-0.15, -0.1) is 11.3 Å². The number of nitrogens with one attached hydrogen (secondary N) is 2. The number of hydrogen-bond donors (Lipinski definition) is 2. The molecular weight excluding hydrogens is 394 g/mol. The molecule has 0 aliphatic carbocycles. The molecule has 0 fully saturated rings. The van der Waals surface area contributed by atoms with Gasteiger partial charge in [0.05, 0.1) is 17.1 Å². The second-order valence-electron chi connectivity index (χ2n) is 7.01. The van der Waals surface area contributed by atoms with Crippen molar-refractivity contribution in [3.63, 3.8) is 0 Å². The summed E-state index contributed by atoms with van der Waals surface area (Å²) in [4.78, 5) is 23.8. The van der Waals surface area contributed by atoms with Gasteiger partial charge in [-0.1, -0.05) is 6.07 Å². The molecule has 0 saturated heterocycles. The van der Waals surface area contributed by atoms with Crippen LogP contribution < -0.4 is 0 Å². The minimum absolute atomic E-state index is 0.644. The molecule has 0 aliphatic rings. The van der Waals surface area contributed by atoms with E-state index < -0.39 is 0 Å². The molecule has 2 N–H and O–H groups in total. The van der Waals surface area contributed by atoms with Crippen molar-refractivity contribution >= 4 is 33.4 Å². The summed E-state index contributed by atoms with van der Waals surface area (Å²) < 4.78 is 0. The van der Waals surface area contributed by atoms with Crippen LogP contribution in [0.4, 0.5) is 0 Å². The molecule has 0 aliphatic heterocycles. The summed E-state index contributed by atoms with van der Waals surface area (Å²) in [5.74, 6) is 0.708. The lowest BCUT2D eigenvalue weighted by Gasteiger charge is -2.00. The lowest BCUT2D eigenvalue weighted by Crippen LogP contribution is -1.84. The Morgan fingerprint density at radius 2 is 1.93 bits per heavy atom. The van der Waals surface area contributed by atoms with E-state index in [2.05, 4.69) is 55.3 Å². The normalized spacial score (nSPS) is 11.5. The molecule has 30 heavy (non-hydrogen) atoms. The summed E-state index contributed by atoms with van der Waals surface area (Å²) in [5.41, 5.74) is 6.21. The van der Waals surface area contributed by atoms with Crippen LogP contribution in [0.25, 0.3) is 55.2 Å². The Morgan fingerprint density at radius 3 is 2.77 bits per heavy atom. The fourth-order valence-electron chi connectivity index (χ4n) is 3.58. The quantitative estimate of drug-likeness (QED) is 0.429. The summed E-state index contributed by atoms with van der Waals surface area (Å²) in [6.07, 6.45) is 9.06. The minimum Gasteiger partial charge on any atom is -0.335 e. The Labute approximate surface area is 174 Å². The Balaban J connectivity index is 1.52. The van der Waals surface area contributed by atoms with Gasteiger partial charge in [-0.25, -0.2) is 9.97 Å². The van der Waals surface area contributed by atoms with Gasteiger partial charge in [0.15, 0.2) is 11.5 Å².